The average molecular weight is 257 g/mol. The smallest absolute Gasteiger partial charge is 0.119 e. The van der Waals surface area contributed by atoms with E-state index in [1.165, 1.54) is 11.3 Å². The van der Waals surface area contributed by atoms with Gasteiger partial charge in [0, 0.05) is 19.0 Å². The van der Waals surface area contributed by atoms with Gasteiger partial charge in [-0.2, -0.15) is 0 Å². The highest BCUT2D eigenvalue weighted by atomic mass is 16.5. The zero-order valence-corrected chi connectivity index (χ0v) is 11.2. The van der Waals surface area contributed by atoms with E-state index >= 15 is 0 Å². The normalized spacial score (nSPS) is 18.1. The number of nitrogens with two attached hydrogens (primary N) is 1. The van der Waals surface area contributed by atoms with E-state index < -0.39 is 0 Å². The first kappa shape index (κ1) is 12.2. The van der Waals surface area contributed by atoms with Gasteiger partial charge < -0.3 is 15.0 Å². The van der Waals surface area contributed by atoms with Crippen molar-refractivity contribution in [3.05, 3.63) is 47.5 Å². The third-order valence-corrected chi connectivity index (χ3v) is 3.74. The number of nitrogens with zero attached hydrogens (tertiary/aromatic N) is 2. The molecule has 1 aromatic carbocycles. The predicted octanol–water partition coefficient (Wildman–Crippen LogP) is 2.28. The van der Waals surface area contributed by atoms with Crippen LogP contribution in [-0.4, -0.2) is 16.7 Å². The number of hydrogen-bond donors (Lipinski definition) is 1. The van der Waals surface area contributed by atoms with E-state index in [4.69, 9.17) is 10.5 Å². The summed E-state index contributed by atoms with van der Waals surface area (Å²) in [5.74, 6) is 1.98. The number of imidazole rings is 1. The molecule has 0 spiro atoms. The Morgan fingerprint density at radius 1 is 1.47 bits per heavy atom. The second kappa shape index (κ2) is 5.05. The molecule has 4 nitrogen and oxygen atoms in total. The lowest BCUT2D eigenvalue weighted by molar-refractivity contribution is 0.414. The number of fused-ring (bicyclic) bond motifs is 1. The highest BCUT2D eigenvalue weighted by Crippen LogP contribution is 2.25. The van der Waals surface area contributed by atoms with E-state index in [0.717, 1.165) is 37.4 Å². The number of benzene rings is 1. The van der Waals surface area contributed by atoms with Crippen LogP contribution in [0.1, 0.15) is 36.0 Å². The Morgan fingerprint density at radius 2 is 2.37 bits per heavy atom. The third-order valence-electron chi connectivity index (χ3n) is 3.74. The molecule has 100 valence electrons. The maximum Gasteiger partial charge on any atom is 0.119 e. The van der Waals surface area contributed by atoms with Crippen LogP contribution in [0, 0.1) is 0 Å². The predicted molar refractivity (Wildman–Crippen MR) is 74.2 cm³/mol. The number of hydrogen-bond acceptors (Lipinski definition) is 3. The summed E-state index contributed by atoms with van der Waals surface area (Å²) in [6.45, 7) is 1.03. The topological polar surface area (TPSA) is 53.1 Å². The summed E-state index contributed by atoms with van der Waals surface area (Å²) < 4.78 is 7.53. The van der Waals surface area contributed by atoms with Crippen LogP contribution in [-0.2, 0) is 13.0 Å². The highest BCUT2D eigenvalue weighted by molar-refractivity contribution is 5.30. The Balaban J connectivity index is 1.87. The fourth-order valence-corrected chi connectivity index (χ4v) is 2.71. The summed E-state index contributed by atoms with van der Waals surface area (Å²) in [5.41, 5.74) is 8.50. The van der Waals surface area contributed by atoms with Crippen LogP contribution in [0.15, 0.2) is 30.5 Å². The molecule has 1 unspecified atom stereocenters. The van der Waals surface area contributed by atoms with Crippen LogP contribution in [0.4, 0.5) is 0 Å². The van der Waals surface area contributed by atoms with Gasteiger partial charge >= 0.3 is 0 Å². The standard InChI is InChI=1S/C15H19N3O/c1-19-12-5-2-4-11(8-12)9-15-17-10-14-13(16)6-3-7-18(14)15/h2,4-5,8,10,13H,3,6-7,9,16H2,1H3. The Kier molecular flexibility index (Phi) is 3.25. The molecule has 1 aliphatic rings. The van der Waals surface area contributed by atoms with Crippen molar-refractivity contribution in [2.75, 3.05) is 7.11 Å². The van der Waals surface area contributed by atoms with Crippen LogP contribution >= 0.6 is 0 Å². The Bertz CT molecular complexity index is 577. The van der Waals surface area contributed by atoms with Gasteiger partial charge in [-0.05, 0) is 30.5 Å². The molecule has 0 fully saturated rings. The molecule has 2 aromatic rings. The lowest BCUT2D eigenvalue weighted by Gasteiger charge is -2.22. The maximum absolute atomic E-state index is 6.12. The fraction of sp³-hybridized carbons (Fsp3) is 0.400. The van der Waals surface area contributed by atoms with Gasteiger partial charge in [0.2, 0.25) is 0 Å². The minimum Gasteiger partial charge on any atom is -0.497 e. The summed E-state index contributed by atoms with van der Waals surface area (Å²) in [7, 11) is 1.69. The van der Waals surface area contributed by atoms with Crippen molar-refractivity contribution in [1.29, 1.82) is 0 Å². The number of ether oxygens (including phenoxy) is 1. The van der Waals surface area contributed by atoms with Gasteiger partial charge in [-0.15, -0.1) is 0 Å². The fourth-order valence-electron chi connectivity index (χ4n) is 2.71. The van der Waals surface area contributed by atoms with Gasteiger partial charge in [-0.3, -0.25) is 0 Å². The van der Waals surface area contributed by atoms with Crippen LogP contribution < -0.4 is 10.5 Å². The molecule has 0 radical (unpaired) electrons. The van der Waals surface area contributed by atoms with E-state index in [2.05, 4.69) is 21.7 Å². The van der Waals surface area contributed by atoms with Gasteiger partial charge in [0.25, 0.3) is 0 Å². The molecule has 0 saturated heterocycles. The molecule has 1 aliphatic heterocycles. The molecule has 0 bridgehead atoms. The minimum absolute atomic E-state index is 0.139. The Hall–Kier alpha value is -1.81. The molecule has 2 heterocycles. The summed E-state index contributed by atoms with van der Waals surface area (Å²) >= 11 is 0. The Morgan fingerprint density at radius 3 is 3.21 bits per heavy atom. The second-order valence-corrected chi connectivity index (χ2v) is 5.03. The molecular formula is C15H19N3O. The first-order valence-corrected chi connectivity index (χ1v) is 6.71. The largest absolute Gasteiger partial charge is 0.497 e. The van der Waals surface area contributed by atoms with Crippen LogP contribution in [0.2, 0.25) is 0 Å². The van der Waals surface area contributed by atoms with Crippen molar-refractivity contribution in [1.82, 2.24) is 9.55 Å². The summed E-state index contributed by atoms with van der Waals surface area (Å²) in [6.07, 6.45) is 4.95. The van der Waals surface area contributed by atoms with Crippen LogP contribution in [0.5, 0.6) is 5.75 Å². The van der Waals surface area contributed by atoms with Gasteiger partial charge in [-0.1, -0.05) is 12.1 Å². The van der Waals surface area contributed by atoms with E-state index in [1.807, 2.05) is 18.3 Å². The van der Waals surface area contributed by atoms with E-state index in [9.17, 15) is 0 Å². The molecule has 1 atom stereocenters. The molecule has 2 N–H and O–H groups in total. The van der Waals surface area contributed by atoms with Crippen molar-refractivity contribution in [3.8, 4) is 5.75 Å². The van der Waals surface area contributed by atoms with Gasteiger partial charge in [0.15, 0.2) is 0 Å². The maximum atomic E-state index is 6.12. The SMILES string of the molecule is COc1cccc(Cc2ncc3n2CCCC3N)c1. The molecule has 0 amide bonds. The molecule has 19 heavy (non-hydrogen) atoms. The van der Waals surface area contributed by atoms with Gasteiger partial charge in [-0.25, -0.2) is 4.98 Å². The summed E-state index contributed by atoms with van der Waals surface area (Å²) in [4.78, 5) is 4.54. The summed E-state index contributed by atoms with van der Waals surface area (Å²) in [5, 5.41) is 0. The molecule has 3 rings (SSSR count). The summed E-state index contributed by atoms with van der Waals surface area (Å²) in [6, 6.07) is 8.28. The van der Waals surface area contributed by atoms with Crippen molar-refractivity contribution >= 4 is 0 Å². The average Bonchev–Trinajstić information content (AvgIpc) is 2.84. The molecule has 4 heteroatoms. The highest BCUT2D eigenvalue weighted by Gasteiger charge is 2.20. The van der Waals surface area contributed by atoms with Crippen molar-refractivity contribution in [3.63, 3.8) is 0 Å². The quantitative estimate of drug-likeness (QED) is 0.917. The van der Waals surface area contributed by atoms with Crippen LogP contribution in [0.3, 0.4) is 0 Å². The zero-order chi connectivity index (χ0) is 13.2. The van der Waals surface area contributed by atoms with E-state index in [1.54, 1.807) is 7.11 Å². The lowest BCUT2D eigenvalue weighted by atomic mass is 10.1. The third kappa shape index (κ3) is 2.36. The van der Waals surface area contributed by atoms with Crippen molar-refractivity contribution < 1.29 is 4.74 Å². The minimum atomic E-state index is 0.139. The second-order valence-electron chi connectivity index (χ2n) is 5.03. The van der Waals surface area contributed by atoms with Crippen molar-refractivity contribution in [2.45, 2.75) is 31.8 Å². The number of methoxy groups -OCH3 is 1. The zero-order valence-electron chi connectivity index (χ0n) is 11.2. The van der Waals surface area contributed by atoms with E-state index in [0.29, 0.717) is 0 Å². The van der Waals surface area contributed by atoms with Crippen molar-refractivity contribution in [2.24, 2.45) is 5.73 Å². The molecule has 1 aromatic heterocycles. The molecule has 0 aliphatic carbocycles. The van der Waals surface area contributed by atoms with Gasteiger partial charge in [0.1, 0.15) is 11.6 Å². The van der Waals surface area contributed by atoms with Gasteiger partial charge in [0.05, 0.1) is 19.0 Å². The van der Waals surface area contributed by atoms with E-state index in [-0.39, 0.29) is 6.04 Å². The first-order valence-electron chi connectivity index (χ1n) is 6.71. The Labute approximate surface area is 113 Å². The number of aromatic nitrogens is 2. The monoisotopic (exact) mass is 257 g/mol. The molecule has 0 saturated carbocycles. The first-order chi connectivity index (χ1) is 9.28. The van der Waals surface area contributed by atoms with Crippen LogP contribution in [0.25, 0.3) is 0 Å². The lowest BCUT2D eigenvalue weighted by Crippen LogP contribution is -2.22. The number of rotatable bonds is 3. The molecular weight excluding hydrogens is 238 g/mol.